The number of rotatable bonds is 7. The molecule has 2 aromatic carbocycles. The van der Waals surface area contributed by atoms with Crippen LogP contribution < -0.4 is 10.1 Å². The first-order valence-electron chi connectivity index (χ1n) is 9.13. The van der Waals surface area contributed by atoms with E-state index in [9.17, 15) is 4.79 Å². The van der Waals surface area contributed by atoms with Gasteiger partial charge in [0.1, 0.15) is 5.75 Å². The minimum absolute atomic E-state index is 0.0336. The molecule has 1 saturated heterocycles. The smallest absolute Gasteiger partial charge is 0.256 e. The monoisotopic (exact) mass is 383 g/mol. The van der Waals surface area contributed by atoms with E-state index in [4.69, 9.17) is 21.6 Å². The van der Waals surface area contributed by atoms with Crippen LogP contribution in [-0.4, -0.2) is 37.0 Å². The Balaban J connectivity index is 1.51. The van der Waals surface area contributed by atoms with Crippen molar-refractivity contribution in [3.8, 4) is 11.8 Å². The first-order valence-corrected chi connectivity index (χ1v) is 9.51. The number of carbonyl (C=O) groups is 1. The van der Waals surface area contributed by atoms with Crippen LogP contribution in [0, 0.1) is 11.3 Å². The molecule has 1 fully saturated rings. The Bertz CT molecular complexity index is 824. The molecule has 140 valence electrons. The highest BCUT2D eigenvalue weighted by atomic mass is 35.5. The van der Waals surface area contributed by atoms with Crippen LogP contribution in [0.4, 0.5) is 5.69 Å². The number of hydrogen-bond acceptors (Lipinski definition) is 4. The molecule has 0 unspecified atom stereocenters. The zero-order valence-corrected chi connectivity index (χ0v) is 15.8. The van der Waals surface area contributed by atoms with E-state index in [-0.39, 0.29) is 5.91 Å². The van der Waals surface area contributed by atoms with Crippen molar-refractivity contribution in [1.82, 2.24) is 4.90 Å². The molecule has 0 spiro atoms. The highest BCUT2D eigenvalue weighted by Crippen LogP contribution is 2.24. The fourth-order valence-electron chi connectivity index (χ4n) is 3.05. The largest absolute Gasteiger partial charge is 0.494 e. The number of ether oxygens (including phenoxy) is 1. The third-order valence-corrected chi connectivity index (χ3v) is 4.73. The van der Waals surface area contributed by atoms with Crippen LogP contribution in [0.5, 0.6) is 5.75 Å². The van der Waals surface area contributed by atoms with Gasteiger partial charge in [-0.25, -0.2) is 0 Å². The lowest BCUT2D eigenvalue weighted by Gasteiger charge is -2.18. The molecule has 0 saturated carbocycles. The Kier molecular flexibility index (Phi) is 6.56. The maximum Gasteiger partial charge on any atom is 0.256 e. The normalized spacial score (nSPS) is 13.3. The average Bonchev–Trinajstić information content (AvgIpc) is 3.23. The van der Waals surface area contributed by atoms with Crippen LogP contribution in [0.2, 0.25) is 5.02 Å². The molecule has 1 heterocycles. The molecule has 0 aromatic heterocycles. The molecule has 3 rings (SSSR count). The summed E-state index contributed by atoms with van der Waals surface area (Å²) in [4.78, 5) is 14.6. The van der Waals surface area contributed by atoms with Gasteiger partial charge in [0.05, 0.1) is 23.8 Å². The second kappa shape index (κ2) is 9.29. The molecule has 0 radical (unpaired) electrons. The SMILES string of the molecule is N#Cc1ccc(OCCCNc2ccc(Cl)cc2C(=O)N2CCCC2)cc1. The predicted octanol–water partition coefficient (Wildman–Crippen LogP) is 4.33. The third-order valence-electron chi connectivity index (χ3n) is 4.49. The van der Waals surface area contributed by atoms with Gasteiger partial charge in [-0.15, -0.1) is 0 Å². The van der Waals surface area contributed by atoms with E-state index >= 15 is 0 Å². The number of benzene rings is 2. The van der Waals surface area contributed by atoms with Gasteiger partial charge in [0.25, 0.3) is 5.91 Å². The average molecular weight is 384 g/mol. The number of carbonyl (C=O) groups excluding carboxylic acids is 1. The number of nitriles is 1. The molecule has 6 heteroatoms. The Labute approximate surface area is 164 Å². The molecule has 0 atom stereocenters. The molecule has 2 aromatic rings. The summed E-state index contributed by atoms with van der Waals surface area (Å²) in [6, 6.07) is 14.5. The molecule has 1 aliphatic heterocycles. The Hall–Kier alpha value is -2.71. The van der Waals surface area contributed by atoms with Crippen LogP contribution in [-0.2, 0) is 0 Å². The zero-order valence-electron chi connectivity index (χ0n) is 15.1. The predicted molar refractivity (Wildman–Crippen MR) is 106 cm³/mol. The van der Waals surface area contributed by atoms with Crippen LogP contribution in [0.25, 0.3) is 0 Å². The van der Waals surface area contributed by atoms with E-state index in [1.165, 1.54) is 0 Å². The second-order valence-electron chi connectivity index (χ2n) is 6.45. The van der Waals surface area contributed by atoms with Gasteiger partial charge in [0.2, 0.25) is 0 Å². The van der Waals surface area contributed by atoms with E-state index in [0.29, 0.717) is 29.3 Å². The van der Waals surface area contributed by atoms with Crippen molar-refractivity contribution in [3.05, 3.63) is 58.6 Å². The van der Waals surface area contributed by atoms with Gasteiger partial charge < -0.3 is 15.0 Å². The zero-order chi connectivity index (χ0) is 19.1. The molecular weight excluding hydrogens is 362 g/mol. The van der Waals surface area contributed by atoms with Gasteiger partial charge in [-0.05, 0) is 61.7 Å². The standard InChI is InChI=1S/C21H22ClN3O2/c22-17-6-9-20(19(14-17)21(26)25-11-1-2-12-25)24-10-3-13-27-18-7-4-16(15-23)5-8-18/h4-9,14,24H,1-3,10-13H2. The van der Waals surface area contributed by atoms with Crippen LogP contribution in [0.3, 0.4) is 0 Å². The number of amides is 1. The first-order chi connectivity index (χ1) is 13.2. The van der Waals surface area contributed by atoms with Crippen molar-refractivity contribution in [2.75, 3.05) is 31.6 Å². The summed E-state index contributed by atoms with van der Waals surface area (Å²) in [5.74, 6) is 0.775. The summed E-state index contributed by atoms with van der Waals surface area (Å²) in [7, 11) is 0. The van der Waals surface area contributed by atoms with Crippen molar-refractivity contribution < 1.29 is 9.53 Å². The summed E-state index contributed by atoms with van der Waals surface area (Å²) in [6.07, 6.45) is 2.89. The van der Waals surface area contributed by atoms with Crippen molar-refractivity contribution in [2.24, 2.45) is 0 Å². The Morgan fingerprint density at radius 2 is 1.93 bits per heavy atom. The van der Waals surface area contributed by atoms with Crippen molar-refractivity contribution in [3.63, 3.8) is 0 Å². The van der Waals surface area contributed by atoms with Crippen molar-refractivity contribution in [1.29, 1.82) is 5.26 Å². The quantitative estimate of drug-likeness (QED) is 0.723. The van der Waals surface area contributed by atoms with E-state index in [1.54, 1.807) is 36.4 Å². The summed E-state index contributed by atoms with van der Waals surface area (Å²) in [6.45, 7) is 2.84. The summed E-state index contributed by atoms with van der Waals surface area (Å²) in [5.41, 5.74) is 2.04. The van der Waals surface area contributed by atoms with Crippen LogP contribution >= 0.6 is 11.6 Å². The molecular formula is C21H22ClN3O2. The van der Waals surface area contributed by atoms with Crippen molar-refractivity contribution in [2.45, 2.75) is 19.3 Å². The minimum Gasteiger partial charge on any atom is -0.494 e. The lowest BCUT2D eigenvalue weighted by Crippen LogP contribution is -2.28. The van der Waals surface area contributed by atoms with Crippen LogP contribution in [0.1, 0.15) is 35.2 Å². The van der Waals surface area contributed by atoms with Gasteiger partial charge in [-0.1, -0.05) is 11.6 Å². The van der Waals surface area contributed by atoms with Gasteiger partial charge >= 0.3 is 0 Å². The fraction of sp³-hybridized carbons (Fsp3) is 0.333. The number of likely N-dealkylation sites (tertiary alicyclic amines) is 1. The summed E-state index contributed by atoms with van der Waals surface area (Å²) in [5, 5.41) is 12.7. The van der Waals surface area contributed by atoms with E-state index in [0.717, 1.165) is 43.8 Å². The van der Waals surface area contributed by atoms with E-state index in [2.05, 4.69) is 11.4 Å². The molecule has 0 aliphatic carbocycles. The third kappa shape index (κ3) is 5.15. The molecule has 1 N–H and O–H groups in total. The minimum atomic E-state index is 0.0336. The van der Waals surface area contributed by atoms with Gasteiger partial charge in [-0.2, -0.15) is 5.26 Å². The lowest BCUT2D eigenvalue weighted by atomic mass is 10.1. The van der Waals surface area contributed by atoms with E-state index < -0.39 is 0 Å². The Morgan fingerprint density at radius 3 is 2.63 bits per heavy atom. The van der Waals surface area contributed by atoms with Gasteiger partial charge in [-0.3, -0.25) is 4.79 Å². The van der Waals surface area contributed by atoms with Gasteiger partial charge in [0.15, 0.2) is 0 Å². The fourth-order valence-corrected chi connectivity index (χ4v) is 3.22. The first kappa shape index (κ1) is 19.1. The summed E-state index contributed by atoms with van der Waals surface area (Å²) < 4.78 is 5.68. The maximum atomic E-state index is 12.7. The molecule has 1 aliphatic rings. The van der Waals surface area contributed by atoms with Crippen molar-refractivity contribution >= 4 is 23.2 Å². The number of hydrogen-bond donors (Lipinski definition) is 1. The highest BCUT2D eigenvalue weighted by Gasteiger charge is 2.22. The Morgan fingerprint density at radius 1 is 1.19 bits per heavy atom. The summed E-state index contributed by atoms with van der Waals surface area (Å²) >= 11 is 6.10. The van der Waals surface area contributed by atoms with E-state index in [1.807, 2.05) is 11.0 Å². The molecule has 1 amide bonds. The molecule has 5 nitrogen and oxygen atoms in total. The maximum absolute atomic E-state index is 12.7. The topological polar surface area (TPSA) is 65.4 Å². The number of halogens is 1. The lowest BCUT2D eigenvalue weighted by molar-refractivity contribution is 0.0793. The second-order valence-corrected chi connectivity index (χ2v) is 6.89. The van der Waals surface area contributed by atoms with Crippen LogP contribution in [0.15, 0.2) is 42.5 Å². The number of anilines is 1. The molecule has 27 heavy (non-hydrogen) atoms. The van der Waals surface area contributed by atoms with Gasteiger partial charge in [0, 0.05) is 30.3 Å². The number of nitrogens with zero attached hydrogens (tertiary/aromatic N) is 2. The number of nitrogens with one attached hydrogen (secondary N) is 1. The highest BCUT2D eigenvalue weighted by molar-refractivity contribution is 6.31. The molecule has 0 bridgehead atoms.